The Balaban J connectivity index is 2.51. The lowest BCUT2D eigenvalue weighted by molar-refractivity contribution is 0.969. The summed E-state index contributed by atoms with van der Waals surface area (Å²) in [5, 5.41) is 0.792. The van der Waals surface area contributed by atoms with Gasteiger partial charge in [-0.3, -0.25) is 0 Å². The molecule has 0 bridgehead atoms. The molecule has 0 aliphatic carbocycles. The summed E-state index contributed by atoms with van der Waals surface area (Å²) >= 11 is 6.27. The van der Waals surface area contributed by atoms with Crippen LogP contribution in [0.25, 0.3) is 11.1 Å². The number of benzene rings is 2. The normalized spacial score (nSPS) is 10.5. The van der Waals surface area contributed by atoms with E-state index in [-0.39, 0.29) is 0 Å². The van der Waals surface area contributed by atoms with E-state index < -0.39 is 0 Å². The summed E-state index contributed by atoms with van der Waals surface area (Å²) in [6.45, 7) is 2.76. The number of aryl methyl sites for hydroxylation is 1. The molecule has 0 saturated heterocycles. The lowest BCUT2D eigenvalue weighted by atomic mass is 9.98. The van der Waals surface area contributed by atoms with Crippen molar-refractivity contribution in [3.8, 4) is 11.1 Å². The topological polar surface area (TPSA) is 26.0 Å². The average molecular weight is 246 g/mol. The van der Waals surface area contributed by atoms with Crippen molar-refractivity contribution in [3.05, 3.63) is 58.6 Å². The Bertz CT molecular complexity index is 520. The SMILES string of the molecule is Cc1ccccc1-c1cc(CCN)ccc1Cl. The third kappa shape index (κ3) is 2.68. The Morgan fingerprint density at radius 3 is 2.53 bits per heavy atom. The molecular weight excluding hydrogens is 230 g/mol. The maximum atomic E-state index is 6.27. The molecule has 0 aromatic heterocycles. The van der Waals surface area contributed by atoms with Gasteiger partial charge in [0.25, 0.3) is 0 Å². The second-order valence-corrected chi connectivity index (χ2v) is 4.57. The van der Waals surface area contributed by atoms with Crippen molar-refractivity contribution in [1.82, 2.24) is 0 Å². The van der Waals surface area contributed by atoms with Gasteiger partial charge < -0.3 is 5.73 Å². The average Bonchev–Trinajstić information content (AvgIpc) is 2.33. The van der Waals surface area contributed by atoms with Gasteiger partial charge in [0, 0.05) is 10.6 Å². The van der Waals surface area contributed by atoms with Crippen molar-refractivity contribution in [2.45, 2.75) is 13.3 Å². The van der Waals surface area contributed by atoms with Gasteiger partial charge in [0.15, 0.2) is 0 Å². The first kappa shape index (κ1) is 12.2. The molecular formula is C15H16ClN. The first-order valence-electron chi connectivity index (χ1n) is 5.77. The van der Waals surface area contributed by atoms with Crippen LogP contribution in [-0.4, -0.2) is 6.54 Å². The first-order valence-corrected chi connectivity index (χ1v) is 6.14. The minimum atomic E-state index is 0.662. The summed E-state index contributed by atoms with van der Waals surface area (Å²) in [5.41, 5.74) is 10.3. The molecule has 0 heterocycles. The van der Waals surface area contributed by atoms with Gasteiger partial charge in [0.05, 0.1) is 0 Å². The van der Waals surface area contributed by atoms with E-state index in [4.69, 9.17) is 17.3 Å². The van der Waals surface area contributed by atoms with Crippen LogP contribution in [0.15, 0.2) is 42.5 Å². The largest absolute Gasteiger partial charge is 0.330 e. The Labute approximate surface area is 107 Å². The Morgan fingerprint density at radius 1 is 1.06 bits per heavy atom. The van der Waals surface area contributed by atoms with E-state index in [1.54, 1.807) is 0 Å². The minimum absolute atomic E-state index is 0.662. The highest BCUT2D eigenvalue weighted by Crippen LogP contribution is 2.31. The third-order valence-corrected chi connectivity index (χ3v) is 3.23. The van der Waals surface area contributed by atoms with Crippen LogP contribution in [0.4, 0.5) is 0 Å². The number of nitrogens with two attached hydrogens (primary N) is 1. The zero-order valence-corrected chi connectivity index (χ0v) is 10.7. The quantitative estimate of drug-likeness (QED) is 0.874. The summed E-state index contributed by atoms with van der Waals surface area (Å²) in [6.07, 6.45) is 0.885. The van der Waals surface area contributed by atoms with E-state index in [9.17, 15) is 0 Å². The van der Waals surface area contributed by atoms with Crippen LogP contribution in [0.1, 0.15) is 11.1 Å². The Morgan fingerprint density at radius 2 is 1.82 bits per heavy atom. The third-order valence-electron chi connectivity index (χ3n) is 2.90. The molecule has 2 aromatic rings. The molecule has 0 fully saturated rings. The molecule has 88 valence electrons. The fourth-order valence-electron chi connectivity index (χ4n) is 1.98. The molecule has 1 nitrogen and oxygen atoms in total. The second kappa shape index (κ2) is 5.35. The Hall–Kier alpha value is -1.31. The van der Waals surface area contributed by atoms with Crippen LogP contribution in [0.2, 0.25) is 5.02 Å². The van der Waals surface area contributed by atoms with Crippen molar-refractivity contribution < 1.29 is 0 Å². The van der Waals surface area contributed by atoms with Crippen molar-refractivity contribution >= 4 is 11.6 Å². The maximum absolute atomic E-state index is 6.27. The monoisotopic (exact) mass is 245 g/mol. The molecule has 0 aliphatic heterocycles. The van der Waals surface area contributed by atoms with Gasteiger partial charge in [-0.25, -0.2) is 0 Å². The van der Waals surface area contributed by atoms with Gasteiger partial charge in [-0.1, -0.05) is 41.9 Å². The van der Waals surface area contributed by atoms with E-state index >= 15 is 0 Å². The molecule has 17 heavy (non-hydrogen) atoms. The first-order chi connectivity index (χ1) is 8.22. The van der Waals surface area contributed by atoms with Gasteiger partial charge in [-0.15, -0.1) is 0 Å². The summed E-state index contributed by atoms with van der Waals surface area (Å²) in [4.78, 5) is 0. The molecule has 2 heteroatoms. The molecule has 2 N–H and O–H groups in total. The van der Waals surface area contributed by atoms with Gasteiger partial charge in [0.1, 0.15) is 0 Å². The number of hydrogen-bond donors (Lipinski definition) is 1. The van der Waals surface area contributed by atoms with Gasteiger partial charge >= 0.3 is 0 Å². The highest BCUT2D eigenvalue weighted by atomic mass is 35.5. The van der Waals surface area contributed by atoms with E-state index in [2.05, 4.69) is 25.1 Å². The molecule has 0 radical (unpaired) electrons. The second-order valence-electron chi connectivity index (χ2n) is 4.17. The van der Waals surface area contributed by atoms with Crippen molar-refractivity contribution in [1.29, 1.82) is 0 Å². The minimum Gasteiger partial charge on any atom is -0.330 e. The van der Waals surface area contributed by atoms with Crippen LogP contribution in [0.3, 0.4) is 0 Å². The fraction of sp³-hybridized carbons (Fsp3) is 0.200. The molecule has 0 spiro atoms. The summed E-state index contributed by atoms with van der Waals surface area (Å²) in [7, 11) is 0. The van der Waals surface area contributed by atoms with Gasteiger partial charge in [0.2, 0.25) is 0 Å². The van der Waals surface area contributed by atoms with Crippen LogP contribution in [-0.2, 0) is 6.42 Å². The zero-order valence-electron chi connectivity index (χ0n) is 9.91. The van der Waals surface area contributed by atoms with Crippen LogP contribution in [0, 0.1) is 6.92 Å². The van der Waals surface area contributed by atoms with E-state index in [1.165, 1.54) is 16.7 Å². The molecule has 0 saturated carbocycles. The standard InChI is InChI=1S/C15H16ClN/c1-11-4-2-3-5-13(11)14-10-12(8-9-17)6-7-15(14)16/h2-7,10H,8-9,17H2,1H3. The molecule has 0 amide bonds. The van der Waals surface area contributed by atoms with Crippen LogP contribution < -0.4 is 5.73 Å². The molecule has 2 aromatic carbocycles. The van der Waals surface area contributed by atoms with E-state index in [1.807, 2.05) is 24.3 Å². The number of halogens is 1. The molecule has 0 atom stereocenters. The smallest absolute Gasteiger partial charge is 0.0484 e. The summed E-state index contributed by atoms with van der Waals surface area (Å²) in [6, 6.07) is 14.4. The number of hydrogen-bond acceptors (Lipinski definition) is 1. The zero-order chi connectivity index (χ0) is 12.3. The van der Waals surface area contributed by atoms with Gasteiger partial charge in [-0.2, -0.15) is 0 Å². The predicted octanol–water partition coefficient (Wildman–Crippen LogP) is 3.82. The molecule has 2 rings (SSSR count). The fourth-order valence-corrected chi connectivity index (χ4v) is 2.20. The highest BCUT2D eigenvalue weighted by Gasteiger charge is 2.06. The summed E-state index contributed by atoms with van der Waals surface area (Å²) in [5.74, 6) is 0. The summed E-state index contributed by atoms with van der Waals surface area (Å²) < 4.78 is 0. The lowest BCUT2D eigenvalue weighted by Crippen LogP contribution is -2.02. The maximum Gasteiger partial charge on any atom is 0.0484 e. The predicted molar refractivity (Wildman–Crippen MR) is 74.4 cm³/mol. The van der Waals surface area contributed by atoms with E-state index in [0.717, 1.165) is 17.0 Å². The van der Waals surface area contributed by atoms with Crippen molar-refractivity contribution in [2.75, 3.05) is 6.54 Å². The molecule has 0 aliphatic rings. The van der Waals surface area contributed by atoms with Crippen LogP contribution >= 0.6 is 11.6 Å². The lowest BCUT2D eigenvalue weighted by Gasteiger charge is -2.10. The Kier molecular flexibility index (Phi) is 3.82. The van der Waals surface area contributed by atoms with Gasteiger partial charge in [-0.05, 0) is 48.7 Å². The van der Waals surface area contributed by atoms with Crippen LogP contribution in [0.5, 0.6) is 0 Å². The number of rotatable bonds is 3. The van der Waals surface area contributed by atoms with E-state index in [0.29, 0.717) is 6.54 Å². The van der Waals surface area contributed by atoms with Crippen molar-refractivity contribution in [2.24, 2.45) is 5.73 Å². The van der Waals surface area contributed by atoms with Crippen molar-refractivity contribution in [3.63, 3.8) is 0 Å². The highest BCUT2D eigenvalue weighted by molar-refractivity contribution is 6.33. The molecule has 0 unspecified atom stereocenters.